The molecule has 0 aromatic carbocycles. The molecule has 11 nitrogen and oxygen atoms in total. The first-order chi connectivity index (χ1) is 15.2. The van der Waals surface area contributed by atoms with Gasteiger partial charge < -0.3 is 38.9 Å². The first-order valence-electron chi connectivity index (χ1n) is 10.6. The van der Waals surface area contributed by atoms with Gasteiger partial charge >= 0.3 is 7.60 Å². The van der Waals surface area contributed by atoms with Gasteiger partial charge in [-0.15, -0.1) is 0 Å². The molecule has 2 aromatic heterocycles. The SMILES string of the molecule is O=P(O)(O)COCC1O[C@@H](n2ccc3c(N4CC5CCCC5C4)nc(Cl)nc32)[C@H](O)[C@@H]1O. The van der Waals surface area contributed by atoms with Gasteiger partial charge in [-0.3, -0.25) is 4.57 Å². The monoisotopic (exact) mass is 488 g/mol. The average Bonchev–Trinajstić information content (AvgIpc) is 3.46. The lowest BCUT2D eigenvalue weighted by atomic mass is 10.0. The molecule has 4 N–H and O–H groups in total. The zero-order chi connectivity index (χ0) is 22.6. The molecule has 32 heavy (non-hydrogen) atoms. The molecule has 4 heterocycles. The number of aliphatic hydroxyl groups is 2. The lowest BCUT2D eigenvalue weighted by Crippen LogP contribution is -2.33. The Morgan fingerprint density at radius 3 is 2.59 bits per heavy atom. The fourth-order valence-electron chi connectivity index (χ4n) is 5.23. The van der Waals surface area contributed by atoms with Crippen LogP contribution in [0.15, 0.2) is 12.3 Å². The Labute approximate surface area is 189 Å². The van der Waals surface area contributed by atoms with Gasteiger partial charge in [0, 0.05) is 19.3 Å². The zero-order valence-electron chi connectivity index (χ0n) is 17.2. The van der Waals surface area contributed by atoms with Crippen LogP contribution in [0.25, 0.3) is 11.0 Å². The standard InChI is InChI=1S/C19H26ClN4O7P/c20-19-21-16(23-6-10-2-1-3-11(10)7-23)12-4-5-24(17(12)22-19)18-15(26)14(25)13(31-18)8-30-9-32(27,28)29/h4-5,10-11,13-15,18,25-26H,1-3,6-9H2,(H2,27,28,29)/t10?,11?,13?,14-,15-,18-/m1/s1. The smallest absolute Gasteiger partial charge is 0.350 e. The molecule has 2 aliphatic heterocycles. The summed E-state index contributed by atoms with van der Waals surface area (Å²) in [6, 6.07) is 1.84. The molecule has 1 aliphatic carbocycles. The summed E-state index contributed by atoms with van der Waals surface area (Å²) < 4.78 is 23.3. The molecule has 0 spiro atoms. The second-order valence-electron chi connectivity index (χ2n) is 8.84. The van der Waals surface area contributed by atoms with E-state index in [1.54, 1.807) is 10.8 Å². The van der Waals surface area contributed by atoms with Gasteiger partial charge in [0.1, 0.15) is 36.1 Å². The van der Waals surface area contributed by atoms with Crippen LogP contribution < -0.4 is 4.90 Å². The summed E-state index contributed by atoms with van der Waals surface area (Å²) >= 11 is 6.25. The van der Waals surface area contributed by atoms with Crippen molar-refractivity contribution < 1.29 is 34.0 Å². The molecule has 176 valence electrons. The predicted molar refractivity (Wildman–Crippen MR) is 114 cm³/mol. The van der Waals surface area contributed by atoms with E-state index >= 15 is 0 Å². The Morgan fingerprint density at radius 2 is 1.91 bits per heavy atom. The summed E-state index contributed by atoms with van der Waals surface area (Å²) in [5, 5.41) is 21.8. The van der Waals surface area contributed by atoms with Gasteiger partial charge in [0.25, 0.3) is 0 Å². The predicted octanol–water partition coefficient (Wildman–Crippen LogP) is 1.09. The molecule has 13 heteroatoms. The normalized spacial score (nSPS) is 32.8. The third-order valence-electron chi connectivity index (χ3n) is 6.70. The van der Waals surface area contributed by atoms with Crippen molar-refractivity contribution in [3.8, 4) is 0 Å². The van der Waals surface area contributed by atoms with Crippen molar-refractivity contribution in [1.29, 1.82) is 0 Å². The summed E-state index contributed by atoms with van der Waals surface area (Å²) in [6.45, 7) is 1.58. The molecule has 0 bridgehead atoms. The quantitative estimate of drug-likeness (QED) is 0.343. The minimum Gasteiger partial charge on any atom is -0.387 e. The van der Waals surface area contributed by atoms with Gasteiger partial charge in [-0.25, -0.2) is 0 Å². The third-order valence-corrected chi connectivity index (χ3v) is 7.39. The second-order valence-corrected chi connectivity index (χ2v) is 10.8. The van der Waals surface area contributed by atoms with E-state index in [2.05, 4.69) is 14.9 Å². The topological polar surface area (TPSA) is 150 Å². The van der Waals surface area contributed by atoms with Crippen molar-refractivity contribution in [2.75, 3.05) is 30.9 Å². The molecule has 0 radical (unpaired) electrons. The summed E-state index contributed by atoms with van der Waals surface area (Å²) in [5.41, 5.74) is 0.477. The molecule has 3 fully saturated rings. The van der Waals surface area contributed by atoms with Crippen LogP contribution in [0.1, 0.15) is 25.5 Å². The highest BCUT2D eigenvalue weighted by molar-refractivity contribution is 7.51. The number of fused-ring (bicyclic) bond motifs is 2. The Hall–Kier alpha value is -1.30. The third kappa shape index (κ3) is 4.17. The number of anilines is 1. The highest BCUT2D eigenvalue weighted by Crippen LogP contribution is 2.42. The number of halogens is 1. The summed E-state index contributed by atoms with van der Waals surface area (Å²) in [7, 11) is -4.35. The van der Waals surface area contributed by atoms with Crippen molar-refractivity contribution in [3.63, 3.8) is 0 Å². The van der Waals surface area contributed by atoms with Crippen LogP contribution >= 0.6 is 19.2 Å². The Bertz CT molecular complexity index is 1040. The van der Waals surface area contributed by atoms with Crippen molar-refractivity contribution >= 4 is 36.0 Å². The van der Waals surface area contributed by atoms with Gasteiger partial charge in [-0.1, -0.05) is 6.42 Å². The maximum absolute atomic E-state index is 11.0. The van der Waals surface area contributed by atoms with E-state index in [1.807, 2.05) is 6.07 Å². The number of rotatable bonds is 6. The molecule has 3 unspecified atom stereocenters. The van der Waals surface area contributed by atoms with Gasteiger partial charge in [0.2, 0.25) is 5.28 Å². The molecule has 5 rings (SSSR count). The molecule has 6 atom stereocenters. The van der Waals surface area contributed by atoms with Crippen molar-refractivity contribution in [2.45, 2.75) is 43.8 Å². The average molecular weight is 489 g/mol. The number of aliphatic hydroxyl groups excluding tert-OH is 2. The van der Waals surface area contributed by atoms with Crippen LogP contribution in [0.2, 0.25) is 5.28 Å². The molecule has 2 aromatic rings. The fourth-order valence-corrected chi connectivity index (χ4v) is 5.73. The lowest BCUT2D eigenvalue weighted by Gasteiger charge is -2.21. The van der Waals surface area contributed by atoms with Crippen LogP contribution in [0, 0.1) is 11.8 Å². The molecule has 1 saturated carbocycles. The first kappa shape index (κ1) is 22.5. The van der Waals surface area contributed by atoms with E-state index < -0.39 is 38.5 Å². The lowest BCUT2D eigenvalue weighted by molar-refractivity contribution is -0.0610. The van der Waals surface area contributed by atoms with Gasteiger partial charge in [0.15, 0.2) is 6.23 Å². The van der Waals surface area contributed by atoms with Crippen molar-refractivity contribution in [2.24, 2.45) is 11.8 Å². The summed E-state index contributed by atoms with van der Waals surface area (Å²) in [5.74, 6) is 2.09. The molecular weight excluding hydrogens is 463 g/mol. The van der Waals surface area contributed by atoms with Crippen LogP contribution in [0.3, 0.4) is 0 Å². The zero-order valence-corrected chi connectivity index (χ0v) is 18.8. The van der Waals surface area contributed by atoms with Crippen LogP contribution in [-0.2, 0) is 14.0 Å². The highest BCUT2D eigenvalue weighted by Gasteiger charge is 2.45. The van der Waals surface area contributed by atoms with Crippen LogP contribution in [0.4, 0.5) is 5.82 Å². The largest absolute Gasteiger partial charge is 0.387 e. The minimum absolute atomic E-state index is 0.0825. The van der Waals surface area contributed by atoms with E-state index in [0.29, 0.717) is 17.5 Å². The van der Waals surface area contributed by atoms with Crippen molar-refractivity contribution in [1.82, 2.24) is 14.5 Å². The number of hydrogen-bond acceptors (Lipinski definition) is 8. The number of nitrogens with zero attached hydrogens (tertiary/aromatic N) is 4. The van der Waals surface area contributed by atoms with Crippen LogP contribution in [0.5, 0.6) is 0 Å². The Balaban J connectivity index is 1.39. The van der Waals surface area contributed by atoms with Gasteiger partial charge in [-0.05, 0) is 42.3 Å². The molecule has 2 saturated heterocycles. The summed E-state index contributed by atoms with van der Waals surface area (Å²) in [4.78, 5) is 28.9. The second kappa shape index (κ2) is 8.48. The maximum Gasteiger partial charge on any atom is 0.350 e. The van der Waals surface area contributed by atoms with Crippen molar-refractivity contribution in [3.05, 3.63) is 17.5 Å². The minimum atomic E-state index is -4.35. The first-order valence-corrected chi connectivity index (χ1v) is 12.8. The van der Waals surface area contributed by atoms with Gasteiger partial charge in [-0.2, -0.15) is 9.97 Å². The number of ether oxygens (including phenoxy) is 2. The number of aromatic nitrogens is 3. The number of hydrogen-bond donors (Lipinski definition) is 4. The molecular formula is C19H26ClN4O7P. The summed E-state index contributed by atoms with van der Waals surface area (Å²) in [6.07, 6.45) is 0.119. The Morgan fingerprint density at radius 1 is 1.19 bits per heavy atom. The fraction of sp³-hybridized carbons (Fsp3) is 0.684. The van der Waals surface area contributed by atoms with E-state index in [-0.39, 0.29) is 11.9 Å². The highest BCUT2D eigenvalue weighted by atomic mass is 35.5. The van der Waals surface area contributed by atoms with Crippen LogP contribution in [-0.4, -0.2) is 78.9 Å². The maximum atomic E-state index is 11.0. The van der Waals surface area contributed by atoms with E-state index in [1.165, 1.54) is 19.3 Å². The van der Waals surface area contributed by atoms with Gasteiger partial charge in [0.05, 0.1) is 12.0 Å². The molecule has 3 aliphatic rings. The van der Waals surface area contributed by atoms with E-state index in [0.717, 1.165) is 24.3 Å². The van der Waals surface area contributed by atoms with E-state index in [9.17, 15) is 14.8 Å². The Kier molecular flexibility index (Phi) is 5.96. The van der Waals surface area contributed by atoms with E-state index in [4.69, 9.17) is 30.9 Å². The molecule has 0 amide bonds.